The van der Waals surface area contributed by atoms with Crippen molar-refractivity contribution in [1.82, 2.24) is 0 Å². The summed E-state index contributed by atoms with van der Waals surface area (Å²) >= 11 is 3.43. The van der Waals surface area contributed by atoms with Crippen molar-refractivity contribution in [1.29, 1.82) is 0 Å². The molecule has 0 amide bonds. The second-order valence-electron chi connectivity index (χ2n) is 3.88. The molecule has 1 heterocycles. The molecule has 0 saturated heterocycles. The van der Waals surface area contributed by atoms with Gasteiger partial charge in [0, 0.05) is 0 Å². The molecule has 15 heavy (non-hydrogen) atoms. The molecule has 0 saturated carbocycles. The molecule has 0 N–H and O–H groups in total. The van der Waals surface area contributed by atoms with Crippen LogP contribution in [0.15, 0.2) is 16.6 Å². The van der Waals surface area contributed by atoms with Crippen LogP contribution in [0.25, 0.3) is 0 Å². The number of carbonyl (C=O) groups excluding carboxylic acids is 1. The zero-order valence-corrected chi connectivity index (χ0v) is 10.4. The van der Waals surface area contributed by atoms with Crippen LogP contribution in [-0.4, -0.2) is 11.9 Å². The van der Waals surface area contributed by atoms with Crippen molar-refractivity contribution in [3.8, 4) is 5.75 Å². The maximum absolute atomic E-state index is 11.9. The molecule has 1 aromatic rings. The van der Waals surface area contributed by atoms with Gasteiger partial charge in [0.25, 0.3) is 0 Å². The van der Waals surface area contributed by atoms with Crippen LogP contribution in [-0.2, 0) is 0 Å². The molecule has 1 aliphatic rings. The number of halogens is 1. The minimum atomic E-state index is -0.275. The van der Waals surface area contributed by atoms with Gasteiger partial charge in [-0.2, -0.15) is 0 Å². The molecule has 2 rings (SSSR count). The Morgan fingerprint density at radius 2 is 2.20 bits per heavy atom. The maximum atomic E-state index is 11.9. The first kappa shape index (κ1) is 10.7. The summed E-state index contributed by atoms with van der Waals surface area (Å²) in [7, 11) is 0. The highest BCUT2D eigenvalue weighted by Crippen LogP contribution is 2.37. The fourth-order valence-corrected chi connectivity index (χ4v) is 2.52. The fourth-order valence-electron chi connectivity index (χ4n) is 1.85. The van der Waals surface area contributed by atoms with Gasteiger partial charge < -0.3 is 4.74 Å². The van der Waals surface area contributed by atoms with Crippen molar-refractivity contribution in [2.45, 2.75) is 32.8 Å². The average Bonchev–Trinajstić information content (AvgIpc) is 2.47. The summed E-state index contributed by atoms with van der Waals surface area (Å²) in [6.07, 6.45) is 1.48. The van der Waals surface area contributed by atoms with Crippen LogP contribution in [0.1, 0.15) is 35.7 Å². The Kier molecular flexibility index (Phi) is 2.83. The zero-order valence-electron chi connectivity index (χ0n) is 8.84. The lowest BCUT2D eigenvalue weighted by molar-refractivity contribution is 0.0845. The smallest absolute Gasteiger partial charge is 0.207 e. The third kappa shape index (κ3) is 1.81. The molecule has 2 nitrogen and oxygen atoms in total. The number of ether oxygens (including phenoxy) is 1. The Balaban J connectivity index is 2.41. The molecule has 0 aromatic heterocycles. The third-order valence-electron chi connectivity index (χ3n) is 2.56. The molecule has 0 aliphatic carbocycles. The van der Waals surface area contributed by atoms with E-state index in [1.54, 1.807) is 0 Å². The average molecular weight is 269 g/mol. The summed E-state index contributed by atoms with van der Waals surface area (Å²) in [5.41, 5.74) is 1.80. The molecule has 80 valence electrons. The topological polar surface area (TPSA) is 26.3 Å². The normalized spacial score (nSPS) is 18.9. The number of carbonyl (C=O) groups is 1. The lowest BCUT2D eigenvalue weighted by Crippen LogP contribution is -2.19. The van der Waals surface area contributed by atoms with Crippen LogP contribution >= 0.6 is 15.9 Å². The van der Waals surface area contributed by atoms with E-state index in [-0.39, 0.29) is 11.9 Å². The van der Waals surface area contributed by atoms with Gasteiger partial charge in [-0.25, -0.2) is 0 Å². The highest BCUT2D eigenvalue weighted by atomic mass is 79.9. The van der Waals surface area contributed by atoms with Gasteiger partial charge in [-0.1, -0.05) is 13.3 Å². The van der Waals surface area contributed by atoms with Gasteiger partial charge in [-0.15, -0.1) is 0 Å². The van der Waals surface area contributed by atoms with E-state index in [0.717, 1.165) is 28.4 Å². The highest BCUT2D eigenvalue weighted by Gasteiger charge is 2.33. The SMILES string of the molecule is CCCC1Oc2c(Br)cc(C)cc2C1=O. The molecular weight excluding hydrogens is 256 g/mol. The Labute approximate surface area is 97.8 Å². The minimum absolute atomic E-state index is 0.122. The molecule has 0 bridgehead atoms. The number of hydrogen-bond acceptors (Lipinski definition) is 2. The van der Waals surface area contributed by atoms with Crippen LogP contribution < -0.4 is 4.74 Å². The summed E-state index contributed by atoms with van der Waals surface area (Å²) in [5, 5.41) is 0. The quantitative estimate of drug-likeness (QED) is 0.821. The van der Waals surface area contributed by atoms with Crippen LogP contribution in [0.2, 0.25) is 0 Å². The number of ketones is 1. The predicted molar refractivity (Wildman–Crippen MR) is 62.5 cm³/mol. The van der Waals surface area contributed by atoms with E-state index in [4.69, 9.17) is 4.74 Å². The van der Waals surface area contributed by atoms with Crippen molar-refractivity contribution in [2.75, 3.05) is 0 Å². The molecule has 3 heteroatoms. The first-order valence-electron chi connectivity index (χ1n) is 5.14. The number of fused-ring (bicyclic) bond motifs is 1. The van der Waals surface area contributed by atoms with Crippen molar-refractivity contribution >= 4 is 21.7 Å². The molecule has 1 unspecified atom stereocenters. The van der Waals surface area contributed by atoms with E-state index in [9.17, 15) is 4.79 Å². The molecule has 1 aliphatic heterocycles. The molecule has 0 fully saturated rings. The Bertz CT molecular complexity index is 412. The van der Waals surface area contributed by atoms with Gasteiger partial charge in [0.15, 0.2) is 6.10 Å². The number of hydrogen-bond donors (Lipinski definition) is 0. The molecular formula is C12H13BrO2. The third-order valence-corrected chi connectivity index (χ3v) is 3.15. The number of rotatable bonds is 2. The Morgan fingerprint density at radius 3 is 2.87 bits per heavy atom. The second kappa shape index (κ2) is 3.97. The van der Waals surface area contributed by atoms with E-state index in [0.29, 0.717) is 5.75 Å². The van der Waals surface area contributed by atoms with Gasteiger partial charge in [0.1, 0.15) is 5.75 Å². The molecule has 1 atom stereocenters. The molecule has 0 spiro atoms. The number of benzene rings is 1. The van der Waals surface area contributed by atoms with Gasteiger partial charge in [-0.05, 0) is 47.0 Å². The van der Waals surface area contributed by atoms with Crippen molar-refractivity contribution in [2.24, 2.45) is 0 Å². The number of Topliss-reactive ketones (excluding diaryl/α,β-unsaturated/α-hetero) is 1. The van der Waals surface area contributed by atoms with E-state index < -0.39 is 0 Å². The summed E-state index contributed by atoms with van der Waals surface area (Å²) < 4.78 is 6.53. The van der Waals surface area contributed by atoms with Gasteiger partial charge in [0.05, 0.1) is 10.0 Å². The molecule has 0 radical (unpaired) electrons. The summed E-state index contributed by atoms with van der Waals surface area (Å²) in [4.78, 5) is 11.9. The standard InChI is InChI=1S/C12H13BrO2/c1-3-4-10-11(14)8-5-7(2)6-9(13)12(8)15-10/h5-6,10H,3-4H2,1-2H3. The van der Waals surface area contributed by atoms with E-state index in [1.807, 2.05) is 19.1 Å². The van der Waals surface area contributed by atoms with Crippen LogP contribution in [0, 0.1) is 6.92 Å². The predicted octanol–water partition coefficient (Wildman–Crippen LogP) is 3.50. The molecule has 1 aromatic carbocycles. The first-order valence-corrected chi connectivity index (χ1v) is 5.93. The van der Waals surface area contributed by atoms with E-state index in [2.05, 4.69) is 22.9 Å². The minimum Gasteiger partial charge on any atom is -0.480 e. The lowest BCUT2D eigenvalue weighted by Gasteiger charge is -2.07. The first-order chi connectivity index (χ1) is 7.13. The summed E-state index contributed by atoms with van der Waals surface area (Å²) in [6, 6.07) is 3.87. The van der Waals surface area contributed by atoms with Gasteiger partial charge >= 0.3 is 0 Å². The summed E-state index contributed by atoms with van der Waals surface area (Å²) in [5.74, 6) is 0.834. The highest BCUT2D eigenvalue weighted by molar-refractivity contribution is 9.10. The lowest BCUT2D eigenvalue weighted by atomic mass is 10.0. The summed E-state index contributed by atoms with van der Waals surface area (Å²) in [6.45, 7) is 4.03. The van der Waals surface area contributed by atoms with Gasteiger partial charge in [0.2, 0.25) is 5.78 Å². The fraction of sp³-hybridized carbons (Fsp3) is 0.417. The largest absolute Gasteiger partial charge is 0.480 e. The van der Waals surface area contributed by atoms with Crippen molar-refractivity contribution in [3.05, 3.63) is 27.7 Å². The Morgan fingerprint density at radius 1 is 1.47 bits per heavy atom. The van der Waals surface area contributed by atoms with E-state index in [1.165, 1.54) is 0 Å². The second-order valence-corrected chi connectivity index (χ2v) is 4.74. The van der Waals surface area contributed by atoms with E-state index >= 15 is 0 Å². The Hall–Kier alpha value is -0.830. The van der Waals surface area contributed by atoms with Crippen molar-refractivity contribution < 1.29 is 9.53 Å². The zero-order chi connectivity index (χ0) is 11.0. The number of aryl methyl sites for hydroxylation is 1. The van der Waals surface area contributed by atoms with Gasteiger partial charge in [-0.3, -0.25) is 4.79 Å². The van der Waals surface area contributed by atoms with Crippen molar-refractivity contribution in [3.63, 3.8) is 0 Å². The van der Waals surface area contributed by atoms with Crippen LogP contribution in [0.3, 0.4) is 0 Å². The maximum Gasteiger partial charge on any atom is 0.207 e. The van der Waals surface area contributed by atoms with Crippen LogP contribution in [0.4, 0.5) is 0 Å². The van der Waals surface area contributed by atoms with Crippen LogP contribution in [0.5, 0.6) is 5.75 Å². The monoisotopic (exact) mass is 268 g/mol.